The smallest absolute Gasteiger partial charge is 0.262 e. The molecule has 6 nitrogen and oxygen atoms in total. The summed E-state index contributed by atoms with van der Waals surface area (Å²) >= 11 is 0. The number of hydrogen-bond donors (Lipinski definition) is 1. The molecule has 0 amide bonds. The minimum Gasteiger partial charge on any atom is -0.438 e. The largest absolute Gasteiger partial charge is 0.438 e. The average Bonchev–Trinajstić information content (AvgIpc) is 2.66. The van der Waals surface area contributed by atoms with Gasteiger partial charge in [-0.05, 0) is 73.9 Å². The minimum atomic E-state index is -3.72. The summed E-state index contributed by atoms with van der Waals surface area (Å²) in [5, 5.41) is 9.13. The first-order valence-corrected chi connectivity index (χ1v) is 10.0. The monoisotopic (exact) mass is 393 g/mol. The van der Waals surface area contributed by atoms with Crippen LogP contribution in [-0.4, -0.2) is 13.4 Å². The van der Waals surface area contributed by atoms with Crippen LogP contribution in [0.1, 0.15) is 22.3 Å². The molecule has 0 bridgehead atoms. The van der Waals surface area contributed by atoms with E-state index in [2.05, 4.69) is 9.71 Å². The summed E-state index contributed by atoms with van der Waals surface area (Å²) in [6.07, 6.45) is 1.54. The van der Waals surface area contributed by atoms with Gasteiger partial charge in [0.05, 0.1) is 10.6 Å². The van der Waals surface area contributed by atoms with Crippen molar-refractivity contribution in [2.75, 3.05) is 4.72 Å². The molecule has 0 saturated carbocycles. The minimum absolute atomic E-state index is 0.202. The third kappa shape index (κ3) is 4.13. The maximum atomic E-state index is 12.8. The predicted molar refractivity (Wildman–Crippen MR) is 107 cm³/mol. The Morgan fingerprint density at radius 3 is 2.54 bits per heavy atom. The maximum Gasteiger partial charge on any atom is 0.262 e. The Balaban J connectivity index is 1.87. The standard InChI is InChI=1S/C21H19N3O3S/c1-14-6-7-15(2)20(11-14)28(25,26)24-19-9-8-18(12-16(19)3)27-21-17(13-22)5-4-10-23-21/h4-12,24H,1-3H3. The van der Waals surface area contributed by atoms with Crippen LogP contribution in [0.5, 0.6) is 11.6 Å². The number of sulfonamides is 1. The van der Waals surface area contributed by atoms with Gasteiger partial charge in [-0.3, -0.25) is 4.72 Å². The van der Waals surface area contributed by atoms with Crippen molar-refractivity contribution < 1.29 is 13.2 Å². The van der Waals surface area contributed by atoms with Gasteiger partial charge in [-0.25, -0.2) is 13.4 Å². The van der Waals surface area contributed by atoms with Crippen molar-refractivity contribution in [3.05, 3.63) is 77.0 Å². The molecular weight excluding hydrogens is 374 g/mol. The number of nitriles is 1. The van der Waals surface area contributed by atoms with Gasteiger partial charge in [0.2, 0.25) is 5.88 Å². The van der Waals surface area contributed by atoms with Gasteiger partial charge in [0, 0.05) is 6.20 Å². The number of pyridine rings is 1. The van der Waals surface area contributed by atoms with Gasteiger partial charge in [-0.1, -0.05) is 12.1 Å². The van der Waals surface area contributed by atoms with Crippen molar-refractivity contribution in [1.82, 2.24) is 4.98 Å². The lowest BCUT2D eigenvalue weighted by Gasteiger charge is -2.14. The number of ether oxygens (including phenoxy) is 1. The molecule has 0 spiro atoms. The highest BCUT2D eigenvalue weighted by Crippen LogP contribution is 2.28. The summed E-state index contributed by atoms with van der Waals surface area (Å²) in [6, 6.07) is 15.5. The zero-order valence-corrected chi connectivity index (χ0v) is 16.5. The highest BCUT2D eigenvalue weighted by atomic mass is 32.2. The number of nitrogens with zero attached hydrogens (tertiary/aromatic N) is 2. The first kappa shape index (κ1) is 19.4. The Morgan fingerprint density at radius 2 is 1.82 bits per heavy atom. The number of hydrogen-bond acceptors (Lipinski definition) is 5. The van der Waals surface area contributed by atoms with Crippen LogP contribution in [0, 0.1) is 32.1 Å². The van der Waals surface area contributed by atoms with Gasteiger partial charge in [-0.2, -0.15) is 5.26 Å². The van der Waals surface area contributed by atoms with Crippen LogP contribution in [0.25, 0.3) is 0 Å². The lowest BCUT2D eigenvalue weighted by atomic mass is 10.2. The second kappa shape index (κ2) is 7.71. The summed E-state index contributed by atoms with van der Waals surface area (Å²) < 4.78 is 33.9. The maximum absolute atomic E-state index is 12.8. The van der Waals surface area contributed by atoms with Crippen LogP contribution in [0.15, 0.2) is 59.6 Å². The summed E-state index contributed by atoms with van der Waals surface area (Å²) in [5.74, 6) is 0.663. The SMILES string of the molecule is Cc1ccc(C)c(S(=O)(=O)Nc2ccc(Oc3ncccc3C#N)cc2C)c1. The van der Waals surface area contributed by atoms with E-state index in [-0.39, 0.29) is 10.8 Å². The number of benzene rings is 2. The van der Waals surface area contributed by atoms with E-state index in [1.165, 1.54) is 6.20 Å². The summed E-state index contributed by atoms with van der Waals surface area (Å²) in [7, 11) is -3.72. The fraction of sp³-hybridized carbons (Fsp3) is 0.143. The zero-order valence-electron chi connectivity index (χ0n) is 15.7. The fourth-order valence-electron chi connectivity index (χ4n) is 2.68. The Morgan fingerprint density at radius 1 is 1.04 bits per heavy atom. The van der Waals surface area contributed by atoms with Crippen LogP contribution in [0.2, 0.25) is 0 Å². The zero-order chi connectivity index (χ0) is 20.3. The third-order valence-electron chi connectivity index (χ3n) is 4.18. The lowest BCUT2D eigenvalue weighted by Crippen LogP contribution is -2.15. The Hall–Kier alpha value is -3.37. The molecule has 2 aromatic carbocycles. The molecule has 1 aromatic heterocycles. The second-order valence-corrected chi connectivity index (χ2v) is 8.07. The van der Waals surface area contributed by atoms with E-state index < -0.39 is 10.0 Å². The number of nitrogens with one attached hydrogen (secondary N) is 1. The van der Waals surface area contributed by atoms with E-state index in [4.69, 9.17) is 10.00 Å². The molecule has 0 aliphatic carbocycles. The second-order valence-electron chi connectivity index (χ2n) is 6.42. The first-order valence-electron chi connectivity index (χ1n) is 8.54. The highest BCUT2D eigenvalue weighted by Gasteiger charge is 2.18. The molecule has 0 aliphatic rings. The Kier molecular flexibility index (Phi) is 5.34. The normalized spacial score (nSPS) is 10.9. The quantitative estimate of drug-likeness (QED) is 0.690. The van der Waals surface area contributed by atoms with E-state index in [1.54, 1.807) is 56.3 Å². The third-order valence-corrected chi connectivity index (χ3v) is 5.69. The van der Waals surface area contributed by atoms with E-state index in [0.29, 0.717) is 28.1 Å². The molecule has 1 N–H and O–H groups in total. The molecule has 7 heteroatoms. The van der Waals surface area contributed by atoms with Gasteiger partial charge < -0.3 is 4.74 Å². The topological polar surface area (TPSA) is 92.1 Å². The van der Waals surface area contributed by atoms with Gasteiger partial charge in [-0.15, -0.1) is 0 Å². The summed E-state index contributed by atoms with van der Waals surface area (Å²) in [6.45, 7) is 5.39. The fourth-order valence-corrected chi connectivity index (χ4v) is 4.14. The molecule has 0 atom stereocenters. The molecule has 0 radical (unpaired) electrons. The Bertz CT molecular complexity index is 1180. The molecule has 0 fully saturated rings. The van der Waals surface area contributed by atoms with Gasteiger partial charge >= 0.3 is 0 Å². The number of anilines is 1. The van der Waals surface area contributed by atoms with E-state index in [9.17, 15) is 8.42 Å². The average molecular weight is 393 g/mol. The van der Waals surface area contributed by atoms with Gasteiger partial charge in [0.25, 0.3) is 10.0 Å². The van der Waals surface area contributed by atoms with Crippen LogP contribution >= 0.6 is 0 Å². The molecule has 28 heavy (non-hydrogen) atoms. The summed E-state index contributed by atoms with van der Waals surface area (Å²) in [4.78, 5) is 4.31. The predicted octanol–water partition coefficient (Wildman–Crippen LogP) is 4.47. The van der Waals surface area contributed by atoms with Crippen LogP contribution < -0.4 is 9.46 Å². The molecule has 3 aromatic rings. The number of aryl methyl sites for hydroxylation is 3. The van der Waals surface area contributed by atoms with Crippen molar-refractivity contribution in [1.29, 1.82) is 5.26 Å². The lowest BCUT2D eigenvalue weighted by molar-refractivity contribution is 0.461. The van der Waals surface area contributed by atoms with Crippen molar-refractivity contribution in [2.45, 2.75) is 25.7 Å². The summed E-state index contributed by atoms with van der Waals surface area (Å²) in [5.41, 5.74) is 3.00. The van der Waals surface area contributed by atoms with Crippen molar-refractivity contribution in [2.24, 2.45) is 0 Å². The molecule has 142 valence electrons. The van der Waals surface area contributed by atoms with Gasteiger partial charge in [0.15, 0.2) is 0 Å². The van der Waals surface area contributed by atoms with Crippen molar-refractivity contribution in [3.63, 3.8) is 0 Å². The molecule has 1 heterocycles. The molecule has 0 aliphatic heterocycles. The molecule has 0 unspecified atom stereocenters. The Labute approximate surface area is 164 Å². The number of rotatable bonds is 5. The molecule has 0 saturated heterocycles. The van der Waals surface area contributed by atoms with E-state index in [1.807, 2.05) is 19.1 Å². The molecule has 3 rings (SSSR count). The van der Waals surface area contributed by atoms with Crippen LogP contribution in [0.3, 0.4) is 0 Å². The van der Waals surface area contributed by atoms with Gasteiger partial charge in [0.1, 0.15) is 17.4 Å². The number of aromatic nitrogens is 1. The highest BCUT2D eigenvalue weighted by molar-refractivity contribution is 7.92. The van der Waals surface area contributed by atoms with E-state index in [0.717, 1.165) is 5.56 Å². The van der Waals surface area contributed by atoms with Crippen LogP contribution in [-0.2, 0) is 10.0 Å². The first-order chi connectivity index (χ1) is 13.3. The van der Waals surface area contributed by atoms with E-state index >= 15 is 0 Å². The van der Waals surface area contributed by atoms with Crippen LogP contribution in [0.4, 0.5) is 5.69 Å². The van der Waals surface area contributed by atoms with Crippen molar-refractivity contribution in [3.8, 4) is 17.7 Å². The molecular formula is C21H19N3O3S. The van der Waals surface area contributed by atoms with Crippen molar-refractivity contribution >= 4 is 15.7 Å².